The van der Waals surface area contributed by atoms with E-state index in [1.165, 1.54) is 12.4 Å². The number of rotatable bonds is 4. The van der Waals surface area contributed by atoms with Gasteiger partial charge in [-0.1, -0.05) is 11.6 Å². The van der Waals surface area contributed by atoms with Crippen molar-refractivity contribution in [3.05, 3.63) is 47.6 Å². The summed E-state index contributed by atoms with van der Waals surface area (Å²) in [6.45, 7) is 0.871. The monoisotopic (exact) mass is 425 g/mol. The third-order valence-corrected chi connectivity index (χ3v) is 4.95. The number of nitrogens with zero attached hydrogens (tertiary/aromatic N) is 3. The van der Waals surface area contributed by atoms with Gasteiger partial charge in [-0.15, -0.1) is 0 Å². The number of anilines is 1. The Morgan fingerprint density at radius 1 is 1.23 bits per heavy atom. The fourth-order valence-corrected chi connectivity index (χ4v) is 3.61. The van der Waals surface area contributed by atoms with Gasteiger partial charge in [0.05, 0.1) is 29.2 Å². The van der Waals surface area contributed by atoms with Crippen molar-refractivity contribution in [1.82, 2.24) is 20.3 Å². The lowest BCUT2D eigenvalue weighted by Crippen LogP contribution is -2.35. The molecular formula is C20H16ClN5O4. The number of carbonyl (C=O) groups is 1. The lowest BCUT2D eigenvalue weighted by Gasteiger charge is -2.16. The second-order valence-electron chi connectivity index (χ2n) is 6.75. The fraction of sp³-hybridized carbons (Fsp3) is 0.200. The average Bonchev–Trinajstić information content (AvgIpc) is 3.03. The minimum Gasteiger partial charge on any atom is -0.449 e. The van der Waals surface area contributed by atoms with Crippen LogP contribution in [0.4, 0.5) is 5.69 Å². The third-order valence-electron chi connectivity index (χ3n) is 4.75. The van der Waals surface area contributed by atoms with Gasteiger partial charge in [-0.2, -0.15) is 0 Å². The lowest BCUT2D eigenvalue weighted by atomic mass is 10.1. The standard InChI is InChI=1S/C20H16ClN5O4/c1-28-8-10-7-22-20(27)19-18(25-10)17-11-2-5-15(26-12(11)3-4-13(17)29-19)30-16-6-14(21)23-9-24-16/h2-6,9-10,25H,7-8H2,1H3,(H,22,27). The van der Waals surface area contributed by atoms with Gasteiger partial charge in [0.1, 0.15) is 17.1 Å². The highest BCUT2D eigenvalue weighted by molar-refractivity contribution is 6.29. The molecule has 0 saturated heterocycles. The first kappa shape index (κ1) is 18.6. The fourth-order valence-electron chi connectivity index (χ4n) is 3.47. The van der Waals surface area contributed by atoms with Crippen LogP contribution < -0.4 is 15.4 Å². The second kappa shape index (κ2) is 7.43. The van der Waals surface area contributed by atoms with Crippen molar-refractivity contribution in [2.75, 3.05) is 25.6 Å². The lowest BCUT2D eigenvalue weighted by molar-refractivity contribution is 0.0926. The van der Waals surface area contributed by atoms with Gasteiger partial charge < -0.3 is 24.5 Å². The molecule has 0 bridgehead atoms. The Morgan fingerprint density at radius 2 is 2.13 bits per heavy atom. The molecule has 10 heteroatoms. The summed E-state index contributed by atoms with van der Waals surface area (Å²) in [5.74, 6) is 0.621. The molecule has 0 aliphatic carbocycles. The molecule has 30 heavy (non-hydrogen) atoms. The van der Waals surface area contributed by atoms with Gasteiger partial charge in [0.25, 0.3) is 5.91 Å². The quantitative estimate of drug-likeness (QED) is 0.478. The summed E-state index contributed by atoms with van der Waals surface area (Å²) in [7, 11) is 1.62. The van der Waals surface area contributed by atoms with E-state index in [0.29, 0.717) is 41.7 Å². The average molecular weight is 426 g/mol. The van der Waals surface area contributed by atoms with E-state index in [1.54, 1.807) is 19.2 Å². The molecule has 9 nitrogen and oxygen atoms in total. The topological polar surface area (TPSA) is 111 Å². The van der Waals surface area contributed by atoms with E-state index in [2.05, 4.69) is 25.6 Å². The Bertz CT molecular complexity index is 1280. The largest absolute Gasteiger partial charge is 0.449 e. The minimum atomic E-state index is -0.269. The van der Waals surface area contributed by atoms with Gasteiger partial charge in [-0.3, -0.25) is 4.79 Å². The first-order chi connectivity index (χ1) is 14.6. The van der Waals surface area contributed by atoms with Gasteiger partial charge in [-0.25, -0.2) is 15.0 Å². The number of hydrogen-bond acceptors (Lipinski definition) is 8. The number of aromatic nitrogens is 3. The van der Waals surface area contributed by atoms with Crippen LogP contribution in [-0.2, 0) is 4.74 Å². The number of hydrogen-bond donors (Lipinski definition) is 2. The van der Waals surface area contributed by atoms with Crippen LogP contribution in [0, 0.1) is 0 Å². The maximum atomic E-state index is 12.5. The molecule has 4 aromatic rings. The maximum Gasteiger partial charge on any atom is 0.289 e. The van der Waals surface area contributed by atoms with Crippen molar-refractivity contribution in [2.45, 2.75) is 6.04 Å². The zero-order valence-corrected chi connectivity index (χ0v) is 16.6. The Morgan fingerprint density at radius 3 is 2.97 bits per heavy atom. The summed E-state index contributed by atoms with van der Waals surface area (Å²) in [6.07, 6.45) is 1.32. The van der Waals surface area contributed by atoms with Crippen molar-refractivity contribution in [3.8, 4) is 11.8 Å². The predicted molar refractivity (Wildman–Crippen MR) is 110 cm³/mol. The van der Waals surface area contributed by atoms with E-state index in [1.807, 2.05) is 12.1 Å². The molecule has 1 atom stereocenters. The number of pyridine rings is 1. The number of fused-ring (bicyclic) bond motifs is 5. The summed E-state index contributed by atoms with van der Waals surface area (Å²) in [5, 5.41) is 8.11. The molecule has 1 aliphatic rings. The molecule has 1 unspecified atom stereocenters. The third kappa shape index (κ3) is 3.27. The summed E-state index contributed by atoms with van der Waals surface area (Å²) < 4.78 is 16.8. The molecule has 0 fully saturated rings. The summed E-state index contributed by atoms with van der Waals surface area (Å²) >= 11 is 5.88. The highest BCUT2D eigenvalue weighted by Gasteiger charge is 2.28. The molecule has 1 amide bonds. The van der Waals surface area contributed by atoms with Crippen LogP contribution in [0.15, 0.2) is 41.1 Å². The number of carbonyl (C=O) groups excluding carboxylic acids is 1. The summed E-state index contributed by atoms with van der Waals surface area (Å²) in [6, 6.07) is 8.60. The molecule has 4 heterocycles. The van der Waals surface area contributed by atoms with Crippen LogP contribution in [0.2, 0.25) is 5.15 Å². The van der Waals surface area contributed by atoms with Crippen LogP contribution in [0.1, 0.15) is 10.6 Å². The molecule has 5 rings (SSSR count). The maximum absolute atomic E-state index is 12.5. The van der Waals surface area contributed by atoms with Crippen LogP contribution in [-0.4, -0.2) is 47.2 Å². The van der Waals surface area contributed by atoms with Gasteiger partial charge in [0, 0.05) is 31.2 Å². The Kier molecular flexibility index (Phi) is 4.61. The first-order valence-corrected chi connectivity index (χ1v) is 9.55. The summed E-state index contributed by atoms with van der Waals surface area (Å²) in [4.78, 5) is 24.9. The number of furan rings is 1. The molecule has 0 spiro atoms. The van der Waals surface area contributed by atoms with E-state index >= 15 is 0 Å². The van der Waals surface area contributed by atoms with E-state index in [-0.39, 0.29) is 22.9 Å². The predicted octanol–water partition coefficient (Wildman–Crippen LogP) is 3.39. The Hall–Kier alpha value is -3.43. The number of halogens is 1. The van der Waals surface area contributed by atoms with Gasteiger partial charge in [0.2, 0.25) is 17.5 Å². The summed E-state index contributed by atoms with van der Waals surface area (Å²) in [5.41, 5.74) is 1.90. The van der Waals surface area contributed by atoms with Gasteiger partial charge in [0.15, 0.2) is 0 Å². The van der Waals surface area contributed by atoms with Crippen molar-refractivity contribution in [3.63, 3.8) is 0 Å². The van der Waals surface area contributed by atoms with Gasteiger partial charge in [-0.05, 0) is 18.2 Å². The van der Waals surface area contributed by atoms with Crippen molar-refractivity contribution >= 4 is 45.1 Å². The molecule has 1 aromatic carbocycles. The number of amides is 1. The molecule has 3 aromatic heterocycles. The minimum absolute atomic E-state index is 0.0886. The van der Waals surface area contributed by atoms with Crippen LogP contribution in [0.5, 0.6) is 11.8 Å². The highest BCUT2D eigenvalue weighted by Crippen LogP contribution is 2.38. The smallest absolute Gasteiger partial charge is 0.289 e. The van der Waals surface area contributed by atoms with E-state index in [4.69, 9.17) is 25.5 Å². The van der Waals surface area contributed by atoms with Crippen LogP contribution >= 0.6 is 11.6 Å². The molecule has 1 aliphatic heterocycles. The SMILES string of the molecule is COCC1CNC(=O)c2oc3ccc4nc(Oc5cc(Cl)ncn5)ccc4c3c2N1. The zero-order valence-electron chi connectivity index (χ0n) is 15.8. The van der Waals surface area contributed by atoms with Crippen molar-refractivity contribution in [1.29, 1.82) is 0 Å². The van der Waals surface area contributed by atoms with Crippen LogP contribution in [0.3, 0.4) is 0 Å². The molecule has 0 saturated carbocycles. The van der Waals surface area contributed by atoms with Crippen molar-refractivity contribution in [2.24, 2.45) is 0 Å². The molecule has 2 N–H and O–H groups in total. The number of benzene rings is 1. The number of methoxy groups -OCH3 is 1. The number of nitrogens with one attached hydrogen (secondary N) is 2. The molecule has 152 valence electrons. The zero-order chi connectivity index (χ0) is 20.7. The van der Waals surface area contributed by atoms with Crippen LogP contribution in [0.25, 0.3) is 21.9 Å². The second-order valence-corrected chi connectivity index (χ2v) is 7.14. The number of ether oxygens (including phenoxy) is 2. The molecule has 0 radical (unpaired) electrons. The molecular weight excluding hydrogens is 410 g/mol. The van der Waals surface area contributed by atoms with E-state index < -0.39 is 0 Å². The Labute approximate surface area is 175 Å². The van der Waals surface area contributed by atoms with E-state index in [9.17, 15) is 4.79 Å². The first-order valence-electron chi connectivity index (χ1n) is 9.17. The van der Waals surface area contributed by atoms with Gasteiger partial charge >= 0.3 is 0 Å². The normalized spacial score (nSPS) is 16.1. The van der Waals surface area contributed by atoms with Crippen molar-refractivity contribution < 1.29 is 18.7 Å². The Balaban J connectivity index is 1.60. The highest BCUT2D eigenvalue weighted by atomic mass is 35.5. The van der Waals surface area contributed by atoms with E-state index in [0.717, 1.165) is 10.8 Å².